The standard InChI is InChI=1S/C27H36N2O5/c1-5-32-25-18-22(9-10-24(25)34-19-26(30)29-11-7-6-8-12-29)27(31)28(4)13-14-33-23-16-20(2)15-21(3)17-23/h9-10,15-18H,5-8,11-14,19H2,1-4H3. The van der Waals surface area contributed by atoms with Crippen LogP contribution < -0.4 is 14.2 Å². The van der Waals surface area contributed by atoms with Crippen molar-refractivity contribution in [3.63, 3.8) is 0 Å². The first kappa shape index (κ1) is 25.4. The Hall–Kier alpha value is -3.22. The maximum Gasteiger partial charge on any atom is 0.260 e. The molecule has 1 aliphatic rings. The van der Waals surface area contributed by atoms with Crippen LogP contribution in [-0.4, -0.2) is 68.1 Å². The third kappa shape index (κ3) is 7.14. The minimum atomic E-state index is -0.138. The van der Waals surface area contributed by atoms with Gasteiger partial charge >= 0.3 is 0 Å². The Bertz CT molecular complexity index is 965. The van der Waals surface area contributed by atoms with Crippen LogP contribution in [0.3, 0.4) is 0 Å². The number of nitrogens with zero attached hydrogens (tertiary/aromatic N) is 2. The molecule has 0 atom stereocenters. The molecule has 7 nitrogen and oxygen atoms in total. The Morgan fingerprint density at radius 2 is 1.62 bits per heavy atom. The van der Waals surface area contributed by atoms with Gasteiger partial charge in [0, 0.05) is 25.7 Å². The molecule has 0 aromatic heterocycles. The lowest BCUT2D eigenvalue weighted by atomic mass is 10.1. The zero-order valence-corrected chi connectivity index (χ0v) is 20.8. The normalized spacial score (nSPS) is 13.4. The first-order valence-corrected chi connectivity index (χ1v) is 12.0. The molecule has 0 radical (unpaired) electrons. The van der Waals surface area contributed by atoms with E-state index >= 15 is 0 Å². The van der Waals surface area contributed by atoms with E-state index in [9.17, 15) is 9.59 Å². The van der Waals surface area contributed by atoms with Gasteiger partial charge in [-0.25, -0.2) is 0 Å². The van der Waals surface area contributed by atoms with Gasteiger partial charge < -0.3 is 24.0 Å². The first-order chi connectivity index (χ1) is 16.4. The van der Waals surface area contributed by atoms with E-state index in [0.29, 0.717) is 36.8 Å². The SMILES string of the molecule is CCOc1cc(C(=O)N(C)CCOc2cc(C)cc(C)c2)ccc1OCC(=O)N1CCCCC1. The summed E-state index contributed by atoms with van der Waals surface area (Å²) in [4.78, 5) is 28.8. The number of carbonyl (C=O) groups is 2. The largest absolute Gasteiger partial charge is 0.492 e. The van der Waals surface area contributed by atoms with Gasteiger partial charge in [-0.3, -0.25) is 9.59 Å². The quantitative estimate of drug-likeness (QED) is 0.522. The molecule has 2 amide bonds. The summed E-state index contributed by atoms with van der Waals surface area (Å²) in [5.41, 5.74) is 2.78. The number of likely N-dealkylation sites (N-methyl/N-ethyl adjacent to an activating group) is 1. The van der Waals surface area contributed by atoms with Gasteiger partial charge in [0.1, 0.15) is 12.4 Å². The van der Waals surface area contributed by atoms with E-state index in [1.165, 1.54) is 6.42 Å². The van der Waals surface area contributed by atoms with Crippen molar-refractivity contribution in [1.82, 2.24) is 9.80 Å². The van der Waals surface area contributed by atoms with Crippen molar-refractivity contribution < 1.29 is 23.8 Å². The number of piperidine rings is 1. The molecular formula is C27H36N2O5. The van der Waals surface area contributed by atoms with Crippen LogP contribution >= 0.6 is 0 Å². The van der Waals surface area contributed by atoms with E-state index in [1.807, 2.05) is 37.8 Å². The molecule has 34 heavy (non-hydrogen) atoms. The number of likely N-dealkylation sites (tertiary alicyclic amines) is 1. The Labute approximate surface area is 202 Å². The summed E-state index contributed by atoms with van der Waals surface area (Å²) in [5, 5.41) is 0. The molecule has 0 unspecified atom stereocenters. The summed E-state index contributed by atoms with van der Waals surface area (Å²) < 4.78 is 17.3. The van der Waals surface area contributed by atoms with Crippen LogP contribution in [-0.2, 0) is 4.79 Å². The third-order valence-electron chi connectivity index (χ3n) is 5.79. The highest BCUT2D eigenvalue weighted by Gasteiger charge is 2.19. The molecule has 0 aliphatic carbocycles. The summed E-state index contributed by atoms with van der Waals surface area (Å²) in [6, 6.07) is 11.1. The van der Waals surface area contributed by atoms with Crippen molar-refractivity contribution in [3.8, 4) is 17.2 Å². The summed E-state index contributed by atoms with van der Waals surface area (Å²) in [6.07, 6.45) is 3.24. The Kier molecular flexibility index (Phi) is 9.19. The summed E-state index contributed by atoms with van der Waals surface area (Å²) in [6.45, 7) is 8.72. The average molecular weight is 469 g/mol. The smallest absolute Gasteiger partial charge is 0.260 e. The second-order valence-electron chi connectivity index (χ2n) is 8.72. The van der Waals surface area contributed by atoms with E-state index in [1.54, 1.807) is 30.1 Å². The number of benzene rings is 2. The van der Waals surface area contributed by atoms with Crippen molar-refractivity contribution in [2.75, 3.05) is 46.5 Å². The number of amides is 2. The molecule has 7 heteroatoms. The predicted octanol–water partition coefficient (Wildman–Crippen LogP) is 4.24. The van der Waals surface area contributed by atoms with Crippen LogP contribution in [0.1, 0.15) is 47.7 Å². The highest BCUT2D eigenvalue weighted by atomic mass is 16.5. The fourth-order valence-electron chi connectivity index (χ4n) is 4.04. The zero-order chi connectivity index (χ0) is 24.5. The maximum atomic E-state index is 12.9. The Morgan fingerprint density at radius 1 is 0.912 bits per heavy atom. The van der Waals surface area contributed by atoms with Gasteiger partial charge in [0.15, 0.2) is 18.1 Å². The van der Waals surface area contributed by atoms with Gasteiger partial charge in [0.05, 0.1) is 13.2 Å². The number of rotatable bonds is 10. The second-order valence-corrected chi connectivity index (χ2v) is 8.72. The van der Waals surface area contributed by atoms with Gasteiger partial charge in [-0.15, -0.1) is 0 Å². The topological polar surface area (TPSA) is 68.3 Å². The van der Waals surface area contributed by atoms with Gasteiger partial charge in [-0.05, 0) is 81.5 Å². The van der Waals surface area contributed by atoms with E-state index in [4.69, 9.17) is 14.2 Å². The van der Waals surface area contributed by atoms with Gasteiger partial charge in [0.25, 0.3) is 11.8 Å². The molecule has 0 saturated carbocycles. The number of ether oxygens (including phenoxy) is 3. The lowest BCUT2D eigenvalue weighted by molar-refractivity contribution is -0.134. The van der Waals surface area contributed by atoms with Crippen LogP contribution in [0, 0.1) is 13.8 Å². The van der Waals surface area contributed by atoms with E-state index in [2.05, 4.69) is 6.07 Å². The van der Waals surface area contributed by atoms with Crippen LogP contribution in [0.2, 0.25) is 0 Å². The molecule has 1 fully saturated rings. The summed E-state index contributed by atoms with van der Waals surface area (Å²) in [5.74, 6) is 1.56. The zero-order valence-electron chi connectivity index (χ0n) is 20.8. The average Bonchev–Trinajstić information content (AvgIpc) is 2.82. The number of carbonyl (C=O) groups excluding carboxylic acids is 2. The molecule has 184 valence electrons. The number of hydrogen-bond acceptors (Lipinski definition) is 5. The number of hydrogen-bond donors (Lipinski definition) is 0. The second kappa shape index (κ2) is 12.3. The molecule has 1 aliphatic heterocycles. The van der Waals surface area contributed by atoms with E-state index in [0.717, 1.165) is 42.8 Å². The van der Waals surface area contributed by atoms with Crippen LogP contribution in [0.4, 0.5) is 0 Å². The highest BCUT2D eigenvalue weighted by molar-refractivity contribution is 5.94. The van der Waals surface area contributed by atoms with Crippen molar-refractivity contribution in [2.45, 2.75) is 40.0 Å². The minimum Gasteiger partial charge on any atom is -0.492 e. The summed E-state index contributed by atoms with van der Waals surface area (Å²) in [7, 11) is 1.75. The highest BCUT2D eigenvalue weighted by Crippen LogP contribution is 2.29. The maximum absolute atomic E-state index is 12.9. The van der Waals surface area contributed by atoms with Crippen LogP contribution in [0.15, 0.2) is 36.4 Å². The minimum absolute atomic E-state index is 0.0224. The molecule has 3 rings (SSSR count). The van der Waals surface area contributed by atoms with Gasteiger partial charge in [-0.1, -0.05) is 6.07 Å². The molecular weight excluding hydrogens is 432 g/mol. The van der Waals surface area contributed by atoms with E-state index in [-0.39, 0.29) is 18.4 Å². The Morgan fingerprint density at radius 3 is 2.29 bits per heavy atom. The van der Waals surface area contributed by atoms with Crippen LogP contribution in [0.5, 0.6) is 17.2 Å². The number of aryl methyl sites for hydroxylation is 2. The molecule has 0 bridgehead atoms. The monoisotopic (exact) mass is 468 g/mol. The molecule has 0 spiro atoms. The van der Waals surface area contributed by atoms with Gasteiger partial charge in [0.2, 0.25) is 0 Å². The molecule has 1 heterocycles. The fourth-order valence-corrected chi connectivity index (χ4v) is 4.04. The van der Waals surface area contributed by atoms with E-state index < -0.39 is 0 Å². The van der Waals surface area contributed by atoms with Crippen molar-refractivity contribution in [3.05, 3.63) is 53.1 Å². The van der Waals surface area contributed by atoms with Crippen molar-refractivity contribution in [2.24, 2.45) is 0 Å². The lowest BCUT2D eigenvalue weighted by Gasteiger charge is -2.26. The molecule has 2 aromatic rings. The molecule has 1 saturated heterocycles. The first-order valence-electron chi connectivity index (χ1n) is 12.0. The van der Waals surface area contributed by atoms with Crippen molar-refractivity contribution >= 4 is 11.8 Å². The lowest BCUT2D eigenvalue weighted by Crippen LogP contribution is -2.38. The predicted molar refractivity (Wildman–Crippen MR) is 132 cm³/mol. The van der Waals surface area contributed by atoms with Crippen LogP contribution in [0.25, 0.3) is 0 Å². The molecule has 0 N–H and O–H groups in total. The van der Waals surface area contributed by atoms with Gasteiger partial charge in [-0.2, -0.15) is 0 Å². The van der Waals surface area contributed by atoms with Crippen molar-refractivity contribution in [1.29, 1.82) is 0 Å². The fraction of sp³-hybridized carbons (Fsp3) is 0.481. The summed E-state index contributed by atoms with van der Waals surface area (Å²) >= 11 is 0. The third-order valence-corrected chi connectivity index (χ3v) is 5.79. The Balaban J connectivity index is 1.57. The molecule has 2 aromatic carbocycles.